The summed E-state index contributed by atoms with van der Waals surface area (Å²) < 4.78 is 1.76. The normalized spacial score (nSPS) is 11.0. The van der Waals surface area contributed by atoms with Crippen LogP contribution in [0.25, 0.3) is 11.0 Å². The Morgan fingerprint density at radius 1 is 1.19 bits per heavy atom. The van der Waals surface area contributed by atoms with Crippen molar-refractivity contribution in [3.05, 3.63) is 42.5 Å². The smallest absolute Gasteiger partial charge is 0.295 e. The Balaban J connectivity index is 1.82. The van der Waals surface area contributed by atoms with E-state index in [9.17, 15) is 4.79 Å². The van der Waals surface area contributed by atoms with Crippen LogP contribution in [0, 0.1) is 0 Å². The zero-order valence-corrected chi connectivity index (χ0v) is 11.7. The fourth-order valence-electron chi connectivity index (χ4n) is 1.85. The predicted octanol–water partition coefficient (Wildman–Crippen LogP) is 2.05. The Hall–Kier alpha value is -2.83. The summed E-state index contributed by atoms with van der Waals surface area (Å²) in [5, 5.41) is 14.7. The van der Waals surface area contributed by atoms with Gasteiger partial charge in [0.15, 0.2) is 0 Å². The molecular formula is C14H14N6O. The average molecular weight is 282 g/mol. The SMILES string of the molecule is CC(C)n1cc(NC(=O)c2nnc3ccccc3n2)cn1. The van der Waals surface area contributed by atoms with Gasteiger partial charge in [-0.3, -0.25) is 9.48 Å². The zero-order chi connectivity index (χ0) is 14.8. The molecule has 0 fully saturated rings. The number of nitrogens with zero attached hydrogens (tertiary/aromatic N) is 5. The quantitative estimate of drug-likeness (QED) is 0.794. The third kappa shape index (κ3) is 2.71. The molecule has 1 amide bonds. The number of para-hydroxylation sites is 1. The Labute approximate surface area is 121 Å². The number of fused-ring (bicyclic) bond motifs is 1. The third-order valence-corrected chi connectivity index (χ3v) is 2.95. The van der Waals surface area contributed by atoms with E-state index in [1.54, 1.807) is 29.2 Å². The summed E-state index contributed by atoms with van der Waals surface area (Å²) in [6.07, 6.45) is 3.35. The van der Waals surface area contributed by atoms with Crippen LogP contribution in [0.2, 0.25) is 0 Å². The van der Waals surface area contributed by atoms with E-state index in [2.05, 4.69) is 25.6 Å². The second kappa shape index (κ2) is 5.28. The van der Waals surface area contributed by atoms with Crippen LogP contribution in [0.4, 0.5) is 5.69 Å². The van der Waals surface area contributed by atoms with E-state index in [1.807, 2.05) is 26.0 Å². The molecule has 3 rings (SSSR count). The lowest BCUT2D eigenvalue weighted by molar-refractivity contribution is 0.101. The van der Waals surface area contributed by atoms with Gasteiger partial charge in [0, 0.05) is 12.2 Å². The van der Waals surface area contributed by atoms with Crippen molar-refractivity contribution < 1.29 is 4.79 Å². The maximum atomic E-state index is 12.1. The topological polar surface area (TPSA) is 85.6 Å². The fourth-order valence-corrected chi connectivity index (χ4v) is 1.85. The first-order valence-corrected chi connectivity index (χ1v) is 6.58. The lowest BCUT2D eigenvalue weighted by atomic mass is 10.3. The highest BCUT2D eigenvalue weighted by Crippen LogP contribution is 2.11. The van der Waals surface area contributed by atoms with Gasteiger partial charge in [0.05, 0.1) is 17.4 Å². The molecular weight excluding hydrogens is 268 g/mol. The molecule has 0 unspecified atom stereocenters. The zero-order valence-electron chi connectivity index (χ0n) is 11.7. The van der Waals surface area contributed by atoms with Gasteiger partial charge >= 0.3 is 0 Å². The van der Waals surface area contributed by atoms with Crippen molar-refractivity contribution in [1.29, 1.82) is 0 Å². The minimum absolute atomic E-state index is 0.0333. The first kappa shape index (κ1) is 13.2. The second-order valence-electron chi connectivity index (χ2n) is 4.88. The van der Waals surface area contributed by atoms with E-state index >= 15 is 0 Å². The van der Waals surface area contributed by atoms with Gasteiger partial charge in [-0.1, -0.05) is 12.1 Å². The van der Waals surface area contributed by atoms with Crippen LogP contribution in [0.3, 0.4) is 0 Å². The molecule has 0 atom stereocenters. The van der Waals surface area contributed by atoms with E-state index in [1.165, 1.54) is 0 Å². The van der Waals surface area contributed by atoms with Gasteiger partial charge in [-0.25, -0.2) is 4.98 Å². The molecule has 2 aromatic heterocycles. The third-order valence-electron chi connectivity index (χ3n) is 2.95. The summed E-state index contributed by atoms with van der Waals surface area (Å²) in [7, 11) is 0. The Morgan fingerprint density at radius 2 is 1.95 bits per heavy atom. The molecule has 0 aliphatic carbocycles. The number of hydrogen-bond donors (Lipinski definition) is 1. The number of nitrogens with one attached hydrogen (secondary N) is 1. The molecule has 21 heavy (non-hydrogen) atoms. The molecule has 0 saturated carbocycles. The molecule has 7 heteroatoms. The van der Waals surface area contributed by atoms with Gasteiger partial charge in [-0.05, 0) is 26.0 Å². The lowest BCUT2D eigenvalue weighted by Crippen LogP contribution is -2.16. The number of hydrogen-bond acceptors (Lipinski definition) is 5. The highest BCUT2D eigenvalue weighted by Gasteiger charge is 2.12. The van der Waals surface area contributed by atoms with Gasteiger partial charge in [-0.15, -0.1) is 10.2 Å². The number of carbonyl (C=O) groups excluding carboxylic acids is 1. The Bertz CT molecular complexity index is 795. The minimum Gasteiger partial charge on any atom is -0.316 e. The molecule has 0 spiro atoms. The van der Waals surface area contributed by atoms with Crippen molar-refractivity contribution in [2.75, 3.05) is 5.32 Å². The van der Waals surface area contributed by atoms with E-state index in [4.69, 9.17) is 0 Å². The second-order valence-corrected chi connectivity index (χ2v) is 4.88. The van der Waals surface area contributed by atoms with Gasteiger partial charge in [0.25, 0.3) is 5.91 Å². The maximum Gasteiger partial charge on any atom is 0.295 e. The van der Waals surface area contributed by atoms with Crippen LogP contribution < -0.4 is 5.32 Å². The first-order chi connectivity index (χ1) is 10.1. The van der Waals surface area contributed by atoms with Crippen LogP contribution in [0.1, 0.15) is 30.5 Å². The highest BCUT2D eigenvalue weighted by molar-refractivity contribution is 6.01. The lowest BCUT2D eigenvalue weighted by Gasteiger charge is -2.03. The average Bonchev–Trinajstić information content (AvgIpc) is 2.95. The van der Waals surface area contributed by atoms with E-state index < -0.39 is 5.91 Å². The maximum absolute atomic E-state index is 12.1. The van der Waals surface area contributed by atoms with E-state index in [0.717, 1.165) is 0 Å². The van der Waals surface area contributed by atoms with Crippen LogP contribution in [0.15, 0.2) is 36.7 Å². The number of rotatable bonds is 3. The van der Waals surface area contributed by atoms with Crippen molar-refractivity contribution >= 4 is 22.6 Å². The molecule has 2 heterocycles. The van der Waals surface area contributed by atoms with Crippen LogP contribution >= 0.6 is 0 Å². The van der Waals surface area contributed by atoms with Gasteiger partial charge < -0.3 is 5.32 Å². The fraction of sp³-hybridized carbons (Fsp3) is 0.214. The summed E-state index contributed by atoms with van der Waals surface area (Å²) in [5.41, 5.74) is 1.89. The van der Waals surface area contributed by atoms with Crippen LogP contribution in [-0.4, -0.2) is 30.9 Å². The van der Waals surface area contributed by atoms with E-state index in [-0.39, 0.29) is 11.9 Å². The molecule has 106 valence electrons. The monoisotopic (exact) mass is 282 g/mol. The molecule has 0 aliphatic heterocycles. The molecule has 7 nitrogen and oxygen atoms in total. The summed E-state index contributed by atoms with van der Waals surface area (Å²) in [4.78, 5) is 16.3. The van der Waals surface area contributed by atoms with Crippen molar-refractivity contribution in [1.82, 2.24) is 25.0 Å². The van der Waals surface area contributed by atoms with Crippen molar-refractivity contribution in [3.63, 3.8) is 0 Å². The molecule has 0 saturated heterocycles. The molecule has 1 aromatic carbocycles. The largest absolute Gasteiger partial charge is 0.316 e. The number of aromatic nitrogens is 5. The first-order valence-electron chi connectivity index (χ1n) is 6.58. The molecule has 0 bridgehead atoms. The summed E-state index contributed by atoms with van der Waals surface area (Å²) in [6, 6.07) is 7.50. The molecule has 0 aliphatic rings. The van der Waals surface area contributed by atoms with E-state index in [0.29, 0.717) is 16.7 Å². The Morgan fingerprint density at radius 3 is 2.67 bits per heavy atom. The van der Waals surface area contributed by atoms with Crippen LogP contribution in [0.5, 0.6) is 0 Å². The van der Waals surface area contributed by atoms with Crippen molar-refractivity contribution in [2.24, 2.45) is 0 Å². The molecule has 1 N–H and O–H groups in total. The molecule has 0 radical (unpaired) electrons. The summed E-state index contributed by atoms with van der Waals surface area (Å²) in [5.74, 6) is -0.373. The van der Waals surface area contributed by atoms with Crippen LogP contribution in [-0.2, 0) is 0 Å². The Kier molecular flexibility index (Phi) is 3.31. The highest BCUT2D eigenvalue weighted by atomic mass is 16.2. The van der Waals surface area contributed by atoms with Crippen molar-refractivity contribution in [3.8, 4) is 0 Å². The van der Waals surface area contributed by atoms with Crippen molar-refractivity contribution in [2.45, 2.75) is 19.9 Å². The number of amides is 1. The number of anilines is 1. The number of benzene rings is 1. The standard InChI is InChI=1S/C14H14N6O/c1-9(2)20-8-10(7-15-20)16-14(21)13-17-11-5-3-4-6-12(11)18-19-13/h3-9H,1-2H3,(H,16,21). The van der Waals surface area contributed by atoms with Gasteiger partial charge in [-0.2, -0.15) is 5.10 Å². The summed E-state index contributed by atoms with van der Waals surface area (Å²) in [6.45, 7) is 4.02. The summed E-state index contributed by atoms with van der Waals surface area (Å²) >= 11 is 0. The molecule has 3 aromatic rings. The van der Waals surface area contributed by atoms with Gasteiger partial charge in [0.2, 0.25) is 5.82 Å². The minimum atomic E-state index is -0.406. The number of carbonyl (C=O) groups is 1. The van der Waals surface area contributed by atoms with Gasteiger partial charge in [0.1, 0.15) is 5.52 Å². The predicted molar refractivity (Wildman–Crippen MR) is 77.9 cm³/mol.